The fraction of sp³-hybridized carbons (Fsp3) is 0.100. The number of hydrogen-bond acceptors (Lipinski definition) is 5. The molecule has 1 aromatic carbocycles. The SMILES string of the molecule is C=CC(=O)OCc1cccc(/N=N/S(=O)(=O)O)c1. The second-order valence-corrected chi connectivity index (χ2v) is 4.17. The van der Waals surface area contributed by atoms with Crippen molar-refractivity contribution in [3.8, 4) is 0 Å². The number of nitrogens with zero attached hydrogens (tertiary/aromatic N) is 2. The van der Waals surface area contributed by atoms with Crippen LogP contribution in [0.3, 0.4) is 0 Å². The van der Waals surface area contributed by atoms with Crippen LogP contribution in [-0.2, 0) is 26.4 Å². The Hall–Kier alpha value is -2.06. The van der Waals surface area contributed by atoms with Crippen molar-refractivity contribution >= 4 is 22.0 Å². The largest absolute Gasteiger partial charge is 0.458 e. The summed E-state index contributed by atoms with van der Waals surface area (Å²) in [5.74, 6) is -0.569. The zero-order valence-electron chi connectivity index (χ0n) is 9.18. The first kappa shape index (κ1) is 14.0. The van der Waals surface area contributed by atoms with Crippen molar-refractivity contribution < 1.29 is 22.5 Å². The zero-order valence-corrected chi connectivity index (χ0v) is 10.0. The fourth-order valence-electron chi connectivity index (χ4n) is 1.02. The summed E-state index contributed by atoms with van der Waals surface area (Å²) in [6.45, 7) is 3.24. The highest BCUT2D eigenvalue weighted by molar-refractivity contribution is 7.84. The topological polar surface area (TPSA) is 105 Å². The molecule has 1 rings (SSSR count). The highest BCUT2D eigenvalue weighted by Crippen LogP contribution is 2.16. The van der Waals surface area contributed by atoms with Crippen LogP contribution in [-0.4, -0.2) is 18.9 Å². The molecule has 0 fully saturated rings. The Bertz CT molecular complexity index is 580. The van der Waals surface area contributed by atoms with Crippen LogP contribution in [0.15, 0.2) is 46.6 Å². The molecule has 1 N–H and O–H groups in total. The van der Waals surface area contributed by atoms with Crippen LogP contribution in [0.4, 0.5) is 5.69 Å². The van der Waals surface area contributed by atoms with Gasteiger partial charge in [-0.3, -0.25) is 4.55 Å². The van der Waals surface area contributed by atoms with Crippen molar-refractivity contribution in [1.82, 2.24) is 0 Å². The molecule has 18 heavy (non-hydrogen) atoms. The number of carbonyl (C=O) groups is 1. The van der Waals surface area contributed by atoms with Crippen LogP contribution >= 0.6 is 0 Å². The molecule has 0 saturated carbocycles. The van der Waals surface area contributed by atoms with Gasteiger partial charge in [-0.1, -0.05) is 18.7 Å². The predicted molar refractivity (Wildman–Crippen MR) is 62.5 cm³/mol. The number of rotatable bonds is 5. The normalized spacial score (nSPS) is 11.4. The van der Waals surface area contributed by atoms with Gasteiger partial charge in [0.1, 0.15) is 6.61 Å². The van der Waals surface area contributed by atoms with Crippen LogP contribution in [0.1, 0.15) is 5.56 Å². The van der Waals surface area contributed by atoms with Crippen molar-refractivity contribution in [1.29, 1.82) is 0 Å². The van der Waals surface area contributed by atoms with E-state index < -0.39 is 16.3 Å². The maximum atomic E-state index is 10.8. The van der Waals surface area contributed by atoms with Gasteiger partial charge in [0.25, 0.3) is 0 Å². The molecule has 0 heterocycles. The van der Waals surface area contributed by atoms with E-state index in [1.165, 1.54) is 12.1 Å². The third-order valence-electron chi connectivity index (χ3n) is 1.72. The molecular weight excluding hydrogens is 260 g/mol. The fourth-order valence-corrected chi connectivity index (χ4v) is 1.22. The molecular formula is C10H10N2O5S. The molecule has 0 spiro atoms. The Morgan fingerprint density at radius 2 is 2.22 bits per heavy atom. The maximum Gasteiger partial charge on any atom is 0.396 e. The van der Waals surface area contributed by atoms with Crippen LogP contribution in [0.25, 0.3) is 0 Å². The maximum absolute atomic E-state index is 10.8. The Labute approximate surface area is 104 Å². The lowest BCUT2D eigenvalue weighted by Gasteiger charge is -2.02. The summed E-state index contributed by atoms with van der Waals surface area (Å²) in [4.78, 5) is 10.8. The molecule has 0 saturated heterocycles. The highest BCUT2D eigenvalue weighted by Gasteiger charge is 2.01. The summed E-state index contributed by atoms with van der Waals surface area (Å²) in [7, 11) is -4.51. The van der Waals surface area contributed by atoms with E-state index >= 15 is 0 Å². The average molecular weight is 270 g/mol. The molecule has 0 atom stereocenters. The van der Waals surface area contributed by atoms with Crippen LogP contribution in [0.5, 0.6) is 0 Å². The standard InChI is InChI=1S/C10H10N2O5S/c1-2-10(13)17-7-8-4-3-5-9(6-8)11-12-18(14,15)16/h2-6H,1,7H2,(H,14,15,16)/b12-11+. The van der Waals surface area contributed by atoms with E-state index in [4.69, 9.17) is 9.29 Å². The number of carbonyl (C=O) groups excluding carboxylic acids is 1. The van der Waals surface area contributed by atoms with Gasteiger partial charge < -0.3 is 4.74 Å². The third-order valence-corrected chi connectivity index (χ3v) is 2.01. The Balaban J connectivity index is 2.77. The number of esters is 1. The molecule has 1 aromatic rings. The molecule has 0 aromatic heterocycles. The summed E-state index contributed by atoms with van der Waals surface area (Å²) in [6.07, 6.45) is 1.03. The lowest BCUT2D eigenvalue weighted by molar-refractivity contribution is -0.138. The monoisotopic (exact) mass is 270 g/mol. The van der Waals surface area contributed by atoms with E-state index in [9.17, 15) is 13.2 Å². The zero-order chi connectivity index (χ0) is 13.6. The molecule has 0 bridgehead atoms. The van der Waals surface area contributed by atoms with E-state index in [1.54, 1.807) is 12.1 Å². The minimum Gasteiger partial charge on any atom is -0.458 e. The van der Waals surface area contributed by atoms with Gasteiger partial charge in [0, 0.05) is 6.08 Å². The Morgan fingerprint density at radius 1 is 1.50 bits per heavy atom. The second-order valence-electron chi connectivity index (χ2n) is 3.11. The van der Waals surface area contributed by atoms with Crippen molar-refractivity contribution in [3.05, 3.63) is 42.5 Å². The van der Waals surface area contributed by atoms with Crippen molar-refractivity contribution in [2.75, 3.05) is 0 Å². The average Bonchev–Trinajstić information content (AvgIpc) is 2.33. The van der Waals surface area contributed by atoms with E-state index in [2.05, 4.69) is 16.2 Å². The van der Waals surface area contributed by atoms with E-state index in [-0.39, 0.29) is 12.3 Å². The highest BCUT2D eigenvalue weighted by atomic mass is 32.2. The molecule has 0 aliphatic carbocycles. The Kier molecular flexibility index (Phi) is 4.69. The summed E-state index contributed by atoms with van der Waals surface area (Å²) >= 11 is 0. The first-order chi connectivity index (χ1) is 8.40. The number of ether oxygens (including phenoxy) is 1. The van der Waals surface area contributed by atoms with E-state index in [0.29, 0.717) is 5.56 Å². The molecule has 0 aliphatic rings. The summed E-state index contributed by atoms with van der Waals surface area (Å²) in [6, 6.07) is 6.18. The van der Waals surface area contributed by atoms with Gasteiger partial charge >= 0.3 is 16.3 Å². The third kappa shape index (κ3) is 5.32. The second kappa shape index (κ2) is 6.03. The number of hydrogen-bond donors (Lipinski definition) is 1. The van der Waals surface area contributed by atoms with Gasteiger partial charge in [0.15, 0.2) is 0 Å². The van der Waals surface area contributed by atoms with Crippen molar-refractivity contribution in [2.24, 2.45) is 9.63 Å². The van der Waals surface area contributed by atoms with Gasteiger partial charge in [-0.05, 0) is 22.2 Å². The Morgan fingerprint density at radius 3 is 2.83 bits per heavy atom. The first-order valence-corrected chi connectivity index (χ1v) is 6.09. The van der Waals surface area contributed by atoms with Crippen molar-refractivity contribution in [2.45, 2.75) is 6.61 Å². The van der Waals surface area contributed by atoms with Gasteiger partial charge in [-0.25, -0.2) is 4.79 Å². The predicted octanol–water partition coefficient (Wildman–Crippen LogP) is 1.80. The molecule has 0 radical (unpaired) electrons. The van der Waals surface area contributed by atoms with E-state index in [0.717, 1.165) is 6.08 Å². The minimum atomic E-state index is -4.51. The smallest absolute Gasteiger partial charge is 0.396 e. The van der Waals surface area contributed by atoms with Gasteiger partial charge in [-0.15, -0.1) is 5.11 Å². The van der Waals surface area contributed by atoms with Gasteiger partial charge in [-0.2, -0.15) is 8.42 Å². The van der Waals surface area contributed by atoms with Gasteiger partial charge in [0.05, 0.1) is 5.69 Å². The summed E-state index contributed by atoms with van der Waals surface area (Å²) < 4.78 is 36.6. The quantitative estimate of drug-likeness (QED) is 0.380. The lowest BCUT2D eigenvalue weighted by atomic mass is 10.2. The molecule has 0 amide bonds. The lowest BCUT2D eigenvalue weighted by Crippen LogP contribution is -1.99. The van der Waals surface area contributed by atoms with E-state index in [1.807, 2.05) is 0 Å². The van der Waals surface area contributed by atoms with Crippen LogP contribution in [0, 0.1) is 0 Å². The summed E-state index contributed by atoms with van der Waals surface area (Å²) in [5, 5.41) is 3.31. The number of benzene rings is 1. The van der Waals surface area contributed by atoms with Crippen LogP contribution in [0.2, 0.25) is 0 Å². The summed E-state index contributed by atoms with van der Waals surface area (Å²) in [5.41, 5.74) is 0.803. The molecule has 8 heteroatoms. The molecule has 96 valence electrons. The molecule has 7 nitrogen and oxygen atoms in total. The van der Waals surface area contributed by atoms with Crippen LogP contribution < -0.4 is 0 Å². The minimum absolute atomic E-state index is 0.0000876. The van der Waals surface area contributed by atoms with Crippen molar-refractivity contribution in [3.63, 3.8) is 0 Å². The van der Waals surface area contributed by atoms with Gasteiger partial charge in [0.2, 0.25) is 0 Å². The first-order valence-electron chi connectivity index (χ1n) is 4.69. The molecule has 0 unspecified atom stereocenters. The molecule has 0 aliphatic heterocycles.